The number of hydrogen-bond donors (Lipinski definition) is 0. The molecule has 0 amide bonds. The molecular weight excluding hydrogens is 451 g/mol. The second-order valence-electron chi connectivity index (χ2n) is 8.63. The van der Waals surface area contributed by atoms with E-state index in [0.717, 1.165) is 17.3 Å². The van der Waals surface area contributed by atoms with Crippen molar-refractivity contribution in [3.63, 3.8) is 0 Å². The van der Waals surface area contributed by atoms with Crippen molar-refractivity contribution in [3.8, 4) is 0 Å². The largest absolute Gasteiger partial charge is 0.358 e. The molecule has 0 spiro atoms. The van der Waals surface area contributed by atoms with Crippen LogP contribution in [0.5, 0.6) is 0 Å². The van der Waals surface area contributed by atoms with Gasteiger partial charge >= 0.3 is 0 Å². The maximum Gasteiger partial charge on any atom is 0.117 e. The Labute approximate surface area is 180 Å². The Morgan fingerprint density at radius 2 is 1.23 bits per heavy atom. The zero-order valence-corrected chi connectivity index (χ0v) is 23.0. The Bertz CT molecular complexity index is 482. The minimum atomic E-state index is -1.87. The quantitative estimate of drug-likeness (QED) is 0.241. The minimum Gasteiger partial charge on any atom is -0.358 e. The van der Waals surface area contributed by atoms with Gasteiger partial charge in [-0.15, -0.1) is 0 Å². The zero-order valence-electron chi connectivity index (χ0n) is 19.6. The first-order valence-corrected chi connectivity index (χ1v) is 13.4. The second-order valence-corrected chi connectivity index (χ2v) is 17.0. The normalized spacial score (nSPS) is 11.1. The Morgan fingerprint density at radius 1 is 0.923 bits per heavy atom. The van der Waals surface area contributed by atoms with Crippen LogP contribution in [0.2, 0.25) is 0 Å². The van der Waals surface area contributed by atoms with Crippen molar-refractivity contribution in [3.05, 3.63) is 37.0 Å². The van der Waals surface area contributed by atoms with Crippen molar-refractivity contribution in [2.45, 2.75) is 79.5 Å². The van der Waals surface area contributed by atoms with Gasteiger partial charge in [0.05, 0.1) is 10.3 Å². The molecule has 0 aliphatic rings. The molecule has 1 aromatic rings. The van der Waals surface area contributed by atoms with E-state index in [0.29, 0.717) is 10.3 Å². The predicted octanol–water partition coefficient (Wildman–Crippen LogP) is 7.55. The van der Waals surface area contributed by atoms with Gasteiger partial charge in [0.15, 0.2) is 0 Å². The molecule has 0 bridgehead atoms. The van der Waals surface area contributed by atoms with Crippen LogP contribution >= 0.6 is 15.1 Å². The molecule has 1 heterocycles. The Morgan fingerprint density at radius 3 is 1.35 bits per heavy atom. The molecule has 0 fully saturated rings. The second kappa shape index (κ2) is 14.5. The summed E-state index contributed by atoms with van der Waals surface area (Å²) in [4.78, 5) is 4.17. The molecule has 0 radical (unpaired) electrons. The molecule has 0 unspecified atom stereocenters. The van der Waals surface area contributed by atoms with Crippen LogP contribution in [0.3, 0.4) is 0 Å². The van der Waals surface area contributed by atoms with Gasteiger partial charge in [0.1, 0.15) is 13.0 Å². The molecular formula is C21H45NOP2Pd. The van der Waals surface area contributed by atoms with Gasteiger partial charge in [-0.2, -0.15) is 0 Å². The summed E-state index contributed by atoms with van der Waals surface area (Å²) in [6.07, 6.45) is 0. The van der Waals surface area contributed by atoms with Gasteiger partial charge in [-0.3, -0.25) is 4.98 Å². The summed E-state index contributed by atoms with van der Waals surface area (Å²) in [6, 6.07) is 6.00. The summed E-state index contributed by atoms with van der Waals surface area (Å²) in [5, 5.41) is 0.676. The fourth-order valence-electron chi connectivity index (χ4n) is 2.66. The van der Waals surface area contributed by atoms with Gasteiger partial charge < -0.3 is 12.0 Å². The number of rotatable bonds is 2. The predicted molar refractivity (Wildman–Crippen MR) is 124 cm³/mol. The number of pyridine rings is 1. The Kier molecular flexibility index (Phi) is 18.9. The molecule has 5 heteroatoms. The van der Waals surface area contributed by atoms with Crippen LogP contribution in [0.1, 0.15) is 66.8 Å². The molecule has 0 aromatic carbocycles. The molecule has 1 aromatic heterocycles. The first-order chi connectivity index (χ1) is 10.6. The van der Waals surface area contributed by atoms with Gasteiger partial charge in [-0.25, -0.2) is 0 Å². The monoisotopic (exact) mass is 495 g/mol. The van der Waals surface area contributed by atoms with Crippen LogP contribution in [0.4, 0.5) is 0 Å². The summed E-state index contributed by atoms with van der Waals surface area (Å²) < 4.78 is 11.9. The van der Waals surface area contributed by atoms with Crippen molar-refractivity contribution < 1.29 is 25.0 Å². The van der Waals surface area contributed by atoms with E-state index in [4.69, 9.17) is 0 Å². The summed E-state index contributed by atoms with van der Waals surface area (Å²) in [6.45, 7) is 25.6. The van der Waals surface area contributed by atoms with E-state index >= 15 is 0 Å². The van der Waals surface area contributed by atoms with E-state index in [-0.39, 0.29) is 27.8 Å². The van der Waals surface area contributed by atoms with E-state index in [2.05, 4.69) is 46.5 Å². The van der Waals surface area contributed by atoms with Crippen LogP contribution in [0.15, 0.2) is 18.2 Å². The molecule has 160 valence electrons. The molecule has 1 rings (SSSR count). The average molecular weight is 496 g/mol. The van der Waals surface area contributed by atoms with E-state index in [1.807, 2.05) is 59.2 Å². The fraction of sp³-hybridized carbons (Fsp3) is 0.714. The van der Waals surface area contributed by atoms with Crippen molar-refractivity contribution in [2.75, 3.05) is 19.2 Å². The molecule has 0 aliphatic carbocycles. The maximum absolute atomic E-state index is 11.9. The van der Waals surface area contributed by atoms with E-state index < -0.39 is 15.1 Å². The van der Waals surface area contributed by atoms with Crippen molar-refractivity contribution in [1.29, 1.82) is 0 Å². The zero-order chi connectivity index (χ0) is 19.8. The van der Waals surface area contributed by atoms with Gasteiger partial charge in [-0.1, -0.05) is 19.9 Å². The van der Waals surface area contributed by atoms with Crippen LogP contribution in [-0.4, -0.2) is 34.5 Å². The van der Waals surface area contributed by atoms with Crippen LogP contribution in [0, 0.1) is 21.3 Å². The van der Waals surface area contributed by atoms with Crippen molar-refractivity contribution in [1.82, 2.24) is 4.98 Å². The standard InChI is InChI=1S/C11H26OP2.C7H9N.C2H6.CH3.Pd/c1-10(2,3)13(11(4,5)6)9-14(7,8)12;1-6-4-3-5-7(2)8-6;1-2;;/h9H2,1-8H3;3-5H,1-2H3;1-2H3;1H3;/q;;;-1;/p+1. The number of nitrogens with zero attached hydrogens (tertiary/aromatic N) is 1. The smallest absolute Gasteiger partial charge is 0.117 e. The van der Waals surface area contributed by atoms with Gasteiger partial charge in [0.2, 0.25) is 0 Å². The average Bonchev–Trinajstić information content (AvgIpc) is 2.35. The van der Waals surface area contributed by atoms with Crippen molar-refractivity contribution >= 4 is 15.1 Å². The van der Waals surface area contributed by atoms with E-state index in [9.17, 15) is 4.57 Å². The molecule has 0 aliphatic heterocycles. The number of aromatic nitrogens is 1. The first-order valence-electron chi connectivity index (χ1n) is 8.94. The SMILES string of the molecule is CC.CC(C)(C)[PH+](CP(C)(C)=O)C(C)(C)C.Cc1cccc(C)n1.[CH3-].[Pd]. The summed E-state index contributed by atoms with van der Waals surface area (Å²) in [5.74, 6) is 0.963. The minimum absolute atomic E-state index is 0. The summed E-state index contributed by atoms with van der Waals surface area (Å²) in [5.41, 5.74) is 2.18. The third kappa shape index (κ3) is 17.9. The van der Waals surface area contributed by atoms with E-state index in [1.165, 1.54) is 0 Å². The topological polar surface area (TPSA) is 30.0 Å². The summed E-state index contributed by atoms with van der Waals surface area (Å²) >= 11 is 0. The van der Waals surface area contributed by atoms with Crippen LogP contribution in [-0.2, 0) is 25.0 Å². The molecule has 26 heavy (non-hydrogen) atoms. The Balaban J connectivity index is -0.000000173. The van der Waals surface area contributed by atoms with Gasteiger partial charge in [0, 0.05) is 39.7 Å². The van der Waals surface area contributed by atoms with Crippen LogP contribution in [0.25, 0.3) is 0 Å². The Hall–Kier alpha value is 0.472. The number of hydrogen-bond acceptors (Lipinski definition) is 2. The van der Waals surface area contributed by atoms with E-state index in [1.54, 1.807) is 0 Å². The first kappa shape index (κ1) is 34.0. The third-order valence-corrected chi connectivity index (χ3v) is 11.3. The molecule has 0 saturated heterocycles. The summed E-state index contributed by atoms with van der Waals surface area (Å²) in [7, 11) is -2.47. The molecule has 0 saturated carbocycles. The maximum atomic E-state index is 11.9. The fourth-order valence-corrected chi connectivity index (χ4v) is 11.8. The number of aryl methyl sites for hydroxylation is 2. The van der Waals surface area contributed by atoms with Gasteiger partial charge in [0.25, 0.3) is 0 Å². The van der Waals surface area contributed by atoms with Crippen LogP contribution < -0.4 is 0 Å². The third-order valence-electron chi connectivity index (χ3n) is 3.38. The van der Waals surface area contributed by atoms with Gasteiger partial charge in [-0.05, 0) is 80.9 Å². The van der Waals surface area contributed by atoms with Crippen molar-refractivity contribution in [2.24, 2.45) is 0 Å². The molecule has 2 nitrogen and oxygen atoms in total. The molecule has 0 N–H and O–H groups in total. The molecule has 0 atom stereocenters.